The molecule has 0 spiro atoms. The minimum absolute atomic E-state index is 0.0380. The van der Waals surface area contributed by atoms with Gasteiger partial charge in [-0.15, -0.1) is 0 Å². The van der Waals surface area contributed by atoms with Crippen molar-refractivity contribution in [2.24, 2.45) is 5.92 Å². The molecule has 1 fully saturated rings. The zero-order valence-corrected chi connectivity index (χ0v) is 10.2. The Morgan fingerprint density at radius 2 is 2.12 bits per heavy atom. The van der Waals surface area contributed by atoms with E-state index in [2.05, 4.69) is 31.1 Å². The maximum absolute atomic E-state index is 13.5. The molecule has 3 heteroatoms. The fraction of sp³-hybridized carbons (Fsp3) is 0.615. The van der Waals surface area contributed by atoms with Gasteiger partial charge in [-0.1, -0.05) is 20.8 Å². The number of pyridine rings is 1. The zero-order valence-electron chi connectivity index (χ0n) is 10.2. The van der Waals surface area contributed by atoms with Crippen LogP contribution >= 0.6 is 0 Å². The van der Waals surface area contributed by atoms with Gasteiger partial charge in [0.2, 0.25) is 0 Å². The summed E-state index contributed by atoms with van der Waals surface area (Å²) in [4.78, 5) is 4.14. The van der Waals surface area contributed by atoms with Crippen molar-refractivity contribution in [3.05, 3.63) is 23.8 Å². The van der Waals surface area contributed by atoms with Gasteiger partial charge in [0.05, 0.1) is 11.9 Å². The van der Waals surface area contributed by atoms with Crippen molar-refractivity contribution in [1.82, 2.24) is 4.98 Å². The number of halogens is 1. The highest BCUT2D eigenvalue weighted by Gasteiger charge is 2.22. The maximum Gasteiger partial charge on any atom is 0.164 e. The Balaban J connectivity index is 2.14. The second-order valence-corrected chi connectivity index (χ2v) is 5.62. The lowest BCUT2D eigenvalue weighted by Crippen LogP contribution is -2.15. The predicted octanol–water partition coefficient (Wildman–Crippen LogP) is 3.34. The monoisotopic (exact) mass is 222 g/mol. The van der Waals surface area contributed by atoms with Crippen LogP contribution in [0.4, 0.5) is 10.1 Å². The van der Waals surface area contributed by atoms with Gasteiger partial charge >= 0.3 is 0 Å². The first kappa shape index (κ1) is 11.4. The predicted molar refractivity (Wildman–Crippen MR) is 64.1 cm³/mol. The topological polar surface area (TPSA) is 24.9 Å². The molecule has 1 heterocycles. The summed E-state index contributed by atoms with van der Waals surface area (Å²) < 4.78 is 13.5. The lowest BCUT2D eigenvalue weighted by molar-refractivity contribution is 0.558. The van der Waals surface area contributed by atoms with Gasteiger partial charge in [0.25, 0.3) is 0 Å². The third-order valence-corrected chi connectivity index (χ3v) is 2.90. The van der Waals surface area contributed by atoms with Crippen molar-refractivity contribution in [2.75, 3.05) is 11.9 Å². The molecule has 0 bridgehead atoms. The van der Waals surface area contributed by atoms with E-state index >= 15 is 0 Å². The van der Waals surface area contributed by atoms with Crippen molar-refractivity contribution >= 4 is 5.69 Å². The molecule has 0 saturated heterocycles. The van der Waals surface area contributed by atoms with Gasteiger partial charge < -0.3 is 5.32 Å². The normalized spacial score (nSPS) is 16.2. The van der Waals surface area contributed by atoms with Gasteiger partial charge in [-0.05, 0) is 24.8 Å². The Hall–Kier alpha value is -1.12. The maximum atomic E-state index is 13.5. The summed E-state index contributed by atoms with van der Waals surface area (Å²) >= 11 is 0. The van der Waals surface area contributed by atoms with Gasteiger partial charge in [-0.2, -0.15) is 0 Å². The van der Waals surface area contributed by atoms with Crippen LogP contribution in [0.25, 0.3) is 0 Å². The molecule has 1 N–H and O–H groups in total. The van der Waals surface area contributed by atoms with Crippen LogP contribution in [-0.4, -0.2) is 11.5 Å². The summed E-state index contributed by atoms with van der Waals surface area (Å²) in [6.07, 6.45) is 3.85. The van der Waals surface area contributed by atoms with E-state index in [4.69, 9.17) is 0 Å². The quantitative estimate of drug-likeness (QED) is 0.848. The molecule has 2 rings (SSSR count). The zero-order chi connectivity index (χ0) is 11.8. The molecule has 0 radical (unpaired) electrons. The number of rotatable bonds is 3. The molecule has 2 nitrogen and oxygen atoms in total. The molecule has 0 unspecified atom stereocenters. The molecule has 0 amide bonds. The van der Waals surface area contributed by atoms with E-state index < -0.39 is 0 Å². The Bertz CT molecular complexity index is 378. The molecule has 88 valence electrons. The molecule has 1 aliphatic rings. The first-order valence-electron chi connectivity index (χ1n) is 5.87. The van der Waals surface area contributed by atoms with Gasteiger partial charge in [0, 0.05) is 17.7 Å². The lowest BCUT2D eigenvalue weighted by atomic mass is 9.91. The summed E-state index contributed by atoms with van der Waals surface area (Å²) in [6.45, 7) is 7.12. The van der Waals surface area contributed by atoms with Crippen LogP contribution in [0.2, 0.25) is 0 Å². The fourth-order valence-corrected chi connectivity index (χ4v) is 1.56. The largest absolute Gasteiger partial charge is 0.382 e. The fourth-order valence-electron chi connectivity index (χ4n) is 1.56. The van der Waals surface area contributed by atoms with Gasteiger partial charge in [-0.3, -0.25) is 4.98 Å². The SMILES string of the molecule is CC(C)(C)c1cc(NCC2CC2)c(F)cn1. The van der Waals surface area contributed by atoms with Gasteiger partial charge in [-0.25, -0.2) is 4.39 Å². The van der Waals surface area contributed by atoms with Crippen LogP contribution in [-0.2, 0) is 5.41 Å². The molecule has 1 saturated carbocycles. The Kier molecular flexibility index (Phi) is 2.87. The summed E-state index contributed by atoms with van der Waals surface area (Å²) in [6, 6.07) is 1.83. The minimum atomic E-state index is -0.256. The van der Waals surface area contributed by atoms with E-state index in [1.165, 1.54) is 19.0 Å². The second-order valence-electron chi connectivity index (χ2n) is 5.62. The molecular formula is C13H19FN2. The number of nitrogens with zero attached hydrogens (tertiary/aromatic N) is 1. The first-order valence-corrected chi connectivity index (χ1v) is 5.87. The van der Waals surface area contributed by atoms with Gasteiger partial charge in [0.1, 0.15) is 0 Å². The van der Waals surface area contributed by atoms with E-state index in [-0.39, 0.29) is 11.2 Å². The Morgan fingerprint density at radius 1 is 1.44 bits per heavy atom. The smallest absolute Gasteiger partial charge is 0.164 e. The highest BCUT2D eigenvalue weighted by molar-refractivity contribution is 5.46. The summed E-state index contributed by atoms with van der Waals surface area (Å²) in [5.41, 5.74) is 1.47. The van der Waals surface area contributed by atoms with Crippen molar-refractivity contribution in [3.8, 4) is 0 Å². The summed E-state index contributed by atoms with van der Waals surface area (Å²) in [5.74, 6) is 0.485. The van der Waals surface area contributed by atoms with Crippen LogP contribution < -0.4 is 5.32 Å². The van der Waals surface area contributed by atoms with E-state index in [9.17, 15) is 4.39 Å². The van der Waals surface area contributed by atoms with E-state index in [1.807, 2.05) is 6.07 Å². The first-order chi connectivity index (χ1) is 7.47. The highest BCUT2D eigenvalue weighted by Crippen LogP contribution is 2.30. The third kappa shape index (κ3) is 2.71. The Morgan fingerprint density at radius 3 is 2.69 bits per heavy atom. The van der Waals surface area contributed by atoms with Crippen molar-refractivity contribution in [1.29, 1.82) is 0 Å². The lowest BCUT2D eigenvalue weighted by Gasteiger charge is -2.19. The molecule has 16 heavy (non-hydrogen) atoms. The number of nitrogens with one attached hydrogen (secondary N) is 1. The summed E-state index contributed by atoms with van der Waals surface area (Å²) in [7, 11) is 0. The third-order valence-electron chi connectivity index (χ3n) is 2.90. The molecule has 0 aliphatic heterocycles. The van der Waals surface area contributed by atoms with Crippen molar-refractivity contribution < 1.29 is 4.39 Å². The average Bonchev–Trinajstić information content (AvgIpc) is 2.98. The van der Waals surface area contributed by atoms with Crippen molar-refractivity contribution in [2.45, 2.75) is 39.0 Å². The molecular weight excluding hydrogens is 203 g/mol. The molecule has 0 aromatic carbocycles. The van der Waals surface area contributed by atoms with Crippen LogP contribution in [0, 0.1) is 11.7 Å². The standard InChI is InChI=1S/C13H19FN2/c1-13(2,3)12-6-11(10(14)8-16-12)15-7-9-4-5-9/h6,8-9H,4-5,7H2,1-3H3,(H,15,16). The van der Waals surface area contributed by atoms with Crippen LogP contribution in [0.5, 0.6) is 0 Å². The van der Waals surface area contributed by atoms with E-state index in [1.54, 1.807) is 0 Å². The second kappa shape index (κ2) is 4.04. The van der Waals surface area contributed by atoms with E-state index in [0.29, 0.717) is 5.69 Å². The number of hydrogen-bond acceptors (Lipinski definition) is 2. The van der Waals surface area contributed by atoms with Crippen LogP contribution in [0.3, 0.4) is 0 Å². The van der Waals surface area contributed by atoms with Gasteiger partial charge in [0.15, 0.2) is 5.82 Å². The number of aromatic nitrogens is 1. The molecule has 1 aromatic heterocycles. The number of anilines is 1. The van der Waals surface area contributed by atoms with Crippen LogP contribution in [0.1, 0.15) is 39.3 Å². The number of hydrogen-bond donors (Lipinski definition) is 1. The molecule has 1 aliphatic carbocycles. The Labute approximate surface area is 96.3 Å². The average molecular weight is 222 g/mol. The molecule has 1 aromatic rings. The van der Waals surface area contributed by atoms with E-state index in [0.717, 1.165) is 18.2 Å². The summed E-state index contributed by atoms with van der Waals surface area (Å²) in [5, 5.41) is 3.17. The molecule has 0 atom stereocenters. The minimum Gasteiger partial charge on any atom is -0.382 e. The highest BCUT2D eigenvalue weighted by atomic mass is 19.1. The van der Waals surface area contributed by atoms with Crippen molar-refractivity contribution in [3.63, 3.8) is 0 Å². The van der Waals surface area contributed by atoms with Crippen LogP contribution in [0.15, 0.2) is 12.3 Å².